The second-order valence-electron chi connectivity index (χ2n) is 12.0. The number of halogens is 1. The highest BCUT2D eigenvalue weighted by Gasteiger charge is 2.52. The first kappa shape index (κ1) is 26.8. The Labute approximate surface area is 244 Å². The van der Waals surface area contributed by atoms with E-state index in [9.17, 15) is 23.6 Å². The van der Waals surface area contributed by atoms with Crippen LogP contribution in [-0.4, -0.2) is 55.1 Å². The SMILES string of the molecule is N#CC1(NC(=O)[C@@H]2CC3CC3C[C@H]2c2nc(-c3cncc(F)c3)sc2-c2ccc(N3CCS(O)(O)CC3)cc2)CC1. The van der Waals surface area contributed by atoms with Crippen molar-refractivity contribution in [2.75, 3.05) is 29.5 Å². The molecule has 4 atom stereocenters. The summed E-state index contributed by atoms with van der Waals surface area (Å²) in [6, 6.07) is 11.9. The molecule has 214 valence electrons. The fourth-order valence-electron chi connectivity index (χ4n) is 6.43. The van der Waals surface area contributed by atoms with E-state index in [0.717, 1.165) is 41.1 Å². The van der Waals surface area contributed by atoms with Crippen LogP contribution in [0.5, 0.6) is 0 Å². The monoisotopic (exact) mass is 593 g/mol. The van der Waals surface area contributed by atoms with E-state index in [0.29, 0.717) is 59.8 Å². The molecule has 2 aromatic heterocycles. The number of nitrogens with one attached hydrogen (secondary N) is 1. The Hall–Kier alpha value is -3.04. The van der Waals surface area contributed by atoms with Gasteiger partial charge in [-0.2, -0.15) is 15.9 Å². The van der Waals surface area contributed by atoms with Crippen molar-refractivity contribution in [2.24, 2.45) is 17.8 Å². The van der Waals surface area contributed by atoms with Gasteiger partial charge in [-0.05, 0) is 67.7 Å². The summed E-state index contributed by atoms with van der Waals surface area (Å²) in [5, 5.41) is 13.3. The molecule has 3 heterocycles. The van der Waals surface area contributed by atoms with Crippen LogP contribution in [0.2, 0.25) is 0 Å². The molecular formula is C30H32FN5O3S2. The average Bonchev–Trinajstić information content (AvgIpc) is 3.88. The first-order valence-electron chi connectivity index (χ1n) is 14.2. The second-order valence-corrected chi connectivity index (χ2v) is 15.4. The molecule has 3 aliphatic carbocycles. The summed E-state index contributed by atoms with van der Waals surface area (Å²) in [6.45, 7) is 1.19. The van der Waals surface area contributed by atoms with E-state index in [1.54, 1.807) is 6.20 Å². The van der Waals surface area contributed by atoms with Gasteiger partial charge in [-0.1, -0.05) is 12.1 Å². The number of carbonyl (C=O) groups excluding carboxylic acids is 1. The zero-order valence-electron chi connectivity index (χ0n) is 22.5. The van der Waals surface area contributed by atoms with Crippen LogP contribution >= 0.6 is 21.9 Å². The minimum absolute atomic E-state index is 0.0567. The lowest BCUT2D eigenvalue weighted by Crippen LogP contribution is -2.43. The maximum Gasteiger partial charge on any atom is 0.225 e. The molecule has 1 saturated heterocycles. The Balaban J connectivity index is 1.24. The van der Waals surface area contributed by atoms with Gasteiger partial charge in [0.1, 0.15) is 16.4 Å². The van der Waals surface area contributed by atoms with Gasteiger partial charge < -0.3 is 10.2 Å². The smallest absolute Gasteiger partial charge is 0.225 e. The third-order valence-corrected chi connectivity index (χ3v) is 12.0. The second kappa shape index (κ2) is 10.1. The molecule has 1 aromatic carbocycles. The normalized spacial score (nSPS) is 28.2. The van der Waals surface area contributed by atoms with Gasteiger partial charge >= 0.3 is 0 Å². The number of pyridine rings is 1. The highest BCUT2D eigenvalue weighted by molar-refractivity contribution is 8.24. The molecule has 3 N–H and O–H groups in total. The minimum atomic E-state index is -2.47. The van der Waals surface area contributed by atoms with Gasteiger partial charge in [-0.15, -0.1) is 11.3 Å². The van der Waals surface area contributed by atoms with Gasteiger partial charge in [0.05, 0.1) is 34.3 Å². The number of nitriles is 1. The predicted octanol–water partition coefficient (Wildman–Crippen LogP) is 5.88. The number of thiazole rings is 1. The quantitative estimate of drug-likeness (QED) is 0.326. The van der Waals surface area contributed by atoms with E-state index >= 15 is 0 Å². The largest absolute Gasteiger partial charge is 0.368 e. The number of benzene rings is 1. The zero-order valence-corrected chi connectivity index (χ0v) is 24.1. The Morgan fingerprint density at radius 2 is 1.83 bits per heavy atom. The van der Waals surface area contributed by atoms with Crippen molar-refractivity contribution in [3.8, 4) is 27.1 Å². The van der Waals surface area contributed by atoms with Crippen LogP contribution in [-0.2, 0) is 4.79 Å². The van der Waals surface area contributed by atoms with Crippen molar-refractivity contribution < 1.29 is 18.3 Å². The van der Waals surface area contributed by atoms with E-state index in [1.807, 2.05) is 12.1 Å². The molecular weight excluding hydrogens is 561 g/mol. The van der Waals surface area contributed by atoms with Gasteiger partial charge in [0.2, 0.25) is 5.91 Å². The van der Waals surface area contributed by atoms with Gasteiger partial charge in [-0.25, -0.2) is 9.37 Å². The molecule has 7 rings (SSSR count). The number of carbonyl (C=O) groups is 1. The molecule has 4 aliphatic rings. The summed E-state index contributed by atoms with van der Waals surface area (Å²) in [5.74, 6) is 1.04. The van der Waals surface area contributed by atoms with Crippen molar-refractivity contribution in [2.45, 2.75) is 43.6 Å². The predicted molar refractivity (Wildman–Crippen MR) is 158 cm³/mol. The molecule has 11 heteroatoms. The molecule has 3 aromatic rings. The van der Waals surface area contributed by atoms with E-state index in [1.165, 1.54) is 23.6 Å². The van der Waals surface area contributed by atoms with E-state index < -0.39 is 21.9 Å². The molecule has 0 bridgehead atoms. The van der Waals surface area contributed by atoms with Crippen LogP contribution in [0.25, 0.3) is 21.0 Å². The molecule has 1 aliphatic heterocycles. The lowest BCUT2D eigenvalue weighted by atomic mass is 9.76. The molecule has 0 radical (unpaired) electrons. The highest BCUT2D eigenvalue weighted by Crippen LogP contribution is 2.58. The number of nitrogens with zero attached hydrogens (tertiary/aromatic N) is 4. The number of anilines is 1. The van der Waals surface area contributed by atoms with Gasteiger partial charge in [0.15, 0.2) is 0 Å². The maximum atomic E-state index is 14.1. The number of fused-ring (bicyclic) bond motifs is 1. The molecule has 8 nitrogen and oxygen atoms in total. The summed E-state index contributed by atoms with van der Waals surface area (Å²) >= 11 is 1.49. The van der Waals surface area contributed by atoms with Crippen LogP contribution in [0.3, 0.4) is 0 Å². The van der Waals surface area contributed by atoms with E-state index in [2.05, 4.69) is 33.4 Å². The van der Waals surface area contributed by atoms with Crippen LogP contribution in [0.15, 0.2) is 42.7 Å². The van der Waals surface area contributed by atoms with Crippen molar-refractivity contribution in [3.05, 3.63) is 54.2 Å². The Bertz CT molecular complexity index is 1520. The molecule has 41 heavy (non-hydrogen) atoms. The molecule has 1 amide bonds. The maximum absolute atomic E-state index is 14.1. The van der Waals surface area contributed by atoms with E-state index in [4.69, 9.17) is 4.98 Å². The summed E-state index contributed by atoms with van der Waals surface area (Å²) < 4.78 is 34.1. The lowest BCUT2D eigenvalue weighted by Gasteiger charge is -2.41. The number of hydrogen-bond acceptors (Lipinski definition) is 8. The summed E-state index contributed by atoms with van der Waals surface area (Å²) in [7, 11) is -2.47. The standard InChI is InChI=1S/C30H32FN5O3S2/c31-22-12-21(15-33-16-22)29-34-26(24-13-19-11-20(19)14-25(24)28(37)35-30(17-32)5-6-30)27(40-29)18-1-3-23(4-2-18)36-7-9-41(38,39)10-8-36/h1-4,12,15-16,19-20,24-25,38-39H,5-11,13-14H2,(H,35,37)/t19?,20?,24-,25-/m1/s1. The van der Waals surface area contributed by atoms with Crippen molar-refractivity contribution in [1.29, 1.82) is 5.26 Å². The molecule has 3 saturated carbocycles. The number of amides is 1. The lowest BCUT2D eigenvalue weighted by molar-refractivity contribution is -0.127. The highest BCUT2D eigenvalue weighted by atomic mass is 32.3. The summed E-state index contributed by atoms with van der Waals surface area (Å²) in [4.78, 5) is 25.8. The third kappa shape index (κ3) is 5.34. The van der Waals surface area contributed by atoms with Gasteiger partial charge in [-0.3, -0.25) is 18.9 Å². The van der Waals surface area contributed by atoms with Crippen molar-refractivity contribution >= 4 is 33.5 Å². The van der Waals surface area contributed by atoms with Crippen LogP contribution in [0, 0.1) is 34.9 Å². The van der Waals surface area contributed by atoms with Gasteiger partial charge in [0, 0.05) is 42.4 Å². The average molecular weight is 594 g/mol. The van der Waals surface area contributed by atoms with Crippen LogP contribution in [0.4, 0.5) is 10.1 Å². The number of hydrogen-bond donors (Lipinski definition) is 3. The Kier molecular flexibility index (Phi) is 6.58. The number of aromatic nitrogens is 2. The van der Waals surface area contributed by atoms with E-state index in [-0.39, 0.29) is 17.7 Å². The van der Waals surface area contributed by atoms with Crippen molar-refractivity contribution in [3.63, 3.8) is 0 Å². The minimum Gasteiger partial charge on any atom is -0.368 e. The Morgan fingerprint density at radius 1 is 1.10 bits per heavy atom. The summed E-state index contributed by atoms with van der Waals surface area (Å²) in [6.07, 6.45) is 6.97. The fourth-order valence-corrected chi connectivity index (χ4v) is 8.78. The Morgan fingerprint density at radius 3 is 2.51 bits per heavy atom. The topological polar surface area (TPSA) is 122 Å². The zero-order chi connectivity index (χ0) is 28.4. The van der Waals surface area contributed by atoms with Gasteiger partial charge in [0.25, 0.3) is 0 Å². The summed E-state index contributed by atoms with van der Waals surface area (Å²) in [5.41, 5.74) is 2.75. The van der Waals surface area contributed by atoms with Crippen molar-refractivity contribution in [1.82, 2.24) is 15.3 Å². The molecule has 0 spiro atoms. The third-order valence-electron chi connectivity index (χ3n) is 9.16. The first-order chi connectivity index (χ1) is 19.7. The number of rotatable bonds is 6. The first-order valence-corrected chi connectivity index (χ1v) is 16.9. The molecule has 2 unspecified atom stereocenters. The fraction of sp³-hybridized carbons (Fsp3) is 0.467. The molecule has 4 fully saturated rings. The van der Waals surface area contributed by atoms with Crippen LogP contribution in [0.1, 0.15) is 43.7 Å². The van der Waals surface area contributed by atoms with Crippen LogP contribution < -0.4 is 10.2 Å².